The second kappa shape index (κ2) is 8.22. The number of carbonyl (C=O) groups is 3. The highest BCUT2D eigenvalue weighted by Gasteiger charge is 2.44. The molecule has 6 nitrogen and oxygen atoms in total. The van der Waals surface area contributed by atoms with Crippen LogP contribution in [0.1, 0.15) is 40.0 Å². The fourth-order valence-electron chi connectivity index (χ4n) is 2.39. The van der Waals surface area contributed by atoms with E-state index in [-0.39, 0.29) is 29.7 Å². The predicted molar refractivity (Wildman–Crippen MR) is 88.2 cm³/mol. The number of carbonyl (C=O) groups excluding carboxylic acids is 3. The number of aldehydes is 1. The van der Waals surface area contributed by atoms with E-state index < -0.39 is 0 Å². The van der Waals surface area contributed by atoms with E-state index in [2.05, 4.69) is 10.6 Å². The van der Waals surface area contributed by atoms with Crippen LogP contribution < -0.4 is 10.6 Å². The van der Waals surface area contributed by atoms with Gasteiger partial charge in [0.1, 0.15) is 6.29 Å². The lowest BCUT2D eigenvalue weighted by atomic mass is 9.80. The summed E-state index contributed by atoms with van der Waals surface area (Å²) in [5.41, 5.74) is -0.181. The van der Waals surface area contributed by atoms with E-state index >= 15 is 0 Å². The van der Waals surface area contributed by atoms with Gasteiger partial charge in [0.15, 0.2) is 5.11 Å². The molecule has 1 rings (SSSR count). The number of hydrogen-bond acceptors (Lipinski definition) is 4. The average Bonchev–Trinajstić information content (AvgIpc) is 2.72. The Morgan fingerprint density at radius 2 is 2.00 bits per heavy atom. The number of imide groups is 1. The molecular weight excluding hydrogens is 302 g/mol. The van der Waals surface area contributed by atoms with E-state index in [9.17, 15) is 14.4 Å². The number of hydrogen-bond donors (Lipinski definition) is 2. The highest BCUT2D eigenvalue weighted by molar-refractivity contribution is 7.80. The molecule has 0 aliphatic carbocycles. The molecule has 2 N–H and O–H groups in total. The first-order valence-corrected chi connectivity index (χ1v) is 7.97. The quantitative estimate of drug-likeness (QED) is 0.312. The first-order valence-electron chi connectivity index (χ1n) is 7.57. The Morgan fingerprint density at radius 3 is 2.55 bits per heavy atom. The normalized spacial score (nSPS) is 18.5. The van der Waals surface area contributed by atoms with E-state index in [0.29, 0.717) is 24.6 Å². The summed E-state index contributed by atoms with van der Waals surface area (Å²) in [6, 6.07) is 0. The SMILES string of the molecule is CC(C)(C)C1CC(=O)N(CCCCNC(=S)NCC=O)C1=O. The fraction of sp³-hybridized carbons (Fsp3) is 0.733. The molecular formula is C15H25N3O3S. The van der Waals surface area contributed by atoms with Crippen molar-refractivity contribution in [3.63, 3.8) is 0 Å². The molecule has 7 heteroatoms. The van der Waals surface area contributed by atoms with Crippen LogP contribution in [0.4, 0.5) is 0 Å². The first kappa shape index (κ1) is 18.5. The number of unbranched alkanes of at least 4 members (excludes halogenated alkanes) is 1. The van der Waals surface area contributed by atoms with Gasteiger partial charge in [0.05, 0.1) is 12.5 Å². The number of likely N-dealkylation sites (tertiary alicyclic amines) is 1. The maximum absolute atomic E-state index is 12.3. The zero-order valence-electron chi connectivity index (χ0n) is 13.5. The largest absolute Gasteiger partial charge is 0.363 e. The summed E-state index contributed by atoms with van der Waals surface area (Å²) in [4.78, 5) is 35.8. The molecule has 0 radical (unpaired) electrons. The monoisotopic (exact) mass is 327 g/mol. The standard InChI is InChI=1S/C15H25N3O3S/c1-15(2,3)11-10-12(20)18(13(11)21)8-5-4-6-16-14(22)17-7-9-19/h9,11H,4-8,10H2,1-3H3,(H2,16,17,22). The summed E-state index contributed by atoms with van der Waals surface area (Å²) in [5.74, 6) is -0.326. The third-order valence-corrected chi connectivity index (χ3v) is 4.02. The van der Waals surface area contributed by atoms with Crippen molar-refractivity contribution >= 4 is 35.4 Å². The minimum Gasteiger partial charge on any atom is -0.363 e. The molecule has 1 aliphatic heterocycles. The molecule has 1 saturated heterocycles. The van der Waals surface area contributed by atoms with Crippen molar-refractivity contribution in [1.82, 2.24) is 15.5 Å². The Kier molecular flexibility index (Phi) is 6.93. The van der Waals surface area contributed by atoms with Gasteiger partial charge in [0.25, 0.3) is 0 Å². The van der Waals surface area contributed by atoms with Gasteiger partial charge in [-0.25, -0.2) is 0 Å². The summed E-state index contributed by atoms with van der Waals surface area (Å²) in [6.07, 6.45) is 2.59. The number of amides is 2. The maximum Gasteiger partial charge on any atom is 0.233 e. The Bertz CT molecular complexity index is 446. The molecule has 1 atom stereocenters. The Labute approximate surface area is 137 Å². The molecule has 0 bridgehead atoms. The van der Waals surface area contributed by atoms with Crippen molar-refractivity contribution in [2.24, 2.45) is 11.3 Å². The van der Waals surface area contributed by atoms with Crippen LogP contribution in [-0.4, -0.2) is 47.7 Å². The fourth-order valence-corrected chi connectivity index (χ4v) is 2.57. The van der Waals surface area contributed by atoms with Gasteiger partial charge in [0, 0.05) is 19.5 Å². The second-order valence-corrected chi connectivity index (χ2v) is 6.93. The summed E-state index contributed by atoms with van der Waals surface area (Å²) in [7, 11) is 0. The van der Waals surface area contributed by atoms with Gasteiger partial charge >= 0.3 is 0 Å². The van der Waals surface area contributed by atoms with E-state index in [1.54, 1.807) is 0 Å². The summed E-state index contributed by atoms with van der Waals surface area (Å²) in [5, 5.41) is 6.14. The Hall–Kier alpha value is -1.50. The lowest BCUT2D eigenvalue weighted by molar-refractivity contribution is -0.140. The Balaban J connectivity index is 2.28. The number of nitrogens with one attached hydrogen (secondary N) is 2. The molecule has 0 aromatic carbocycles. The van der Waals surface area contributed by atoms with Crippen LogP contribution in [0.25, 0.3) is 0 Å². The van der Waals surface area contributed by atoms with Crippen LogP contribution in [0.3, 0.4) is 0 Å². The van der Waals surface area contributed by atoms with Crippen LogP contribution >= 0.6 is 12.2 Å². The maximum atomic E-state index is 12.3. The van der Waals surface area contributed by atoms with Crippen LogP contribution in [0, 0.1) is 11.3 Å². The minimum atomic E-state index is -0.210. The molecule has 1 fully saturated rings. The van der Waals surface area contributed by atoms with Crippen molar-refractivity contribution in [3.8, 4) is 0 Å². The highest BCUT2D eigenvalue weighted by atomic mass is 32.1. The molecule has 0 aromatic rings. The minimum absolute atomic E-state index is 0.0476. The zero-order valence-corrected chi connectivity index (χ0v) is 14.3. The van der Waals surface area contributed by atoms with Crippen molar-refractivity contribution in [2.75, 3.05) is 19.6 Å². The third-order valence-electron chi connectivity index (χ3n) is 3.73. The summed E-state index contributed by atoms with van der Waals surface area (Å²) in [6.45, 7) is 7.26. The lowest BCUT2D eigenvalue weighted by Crippen LogP contribution is -2.37. The number of rotatable bonds is 7. The predicted octanol–water partition coefficient (Wildman–Crippen LogP) is 0.851. The van der Waals surface area contributed by atoms with Crippen molar-refractivity contribution < 1.29 is 14.4 Å². The van der Waals surface area contributed by atoms with E-state index in [4.69, 9.17) is 12.2 Å². The van der Waals surface area contributed by atoms with Crippen LogP contribution in [-0.2, 0) is 14.4 Å². The smallest absolute Gasteiger partial charge is 0.233 e. The van der Waals surface area contributed by atoms with Gasteiger partial charge in [-0.15, -0.1) is 0 Å². The summed E-state index contributed by atoms with van der Waals surface area (Å²) >= 11 is 4.97. The van der Waals surface area contributed by atoms with Crippen LogP contribution in [0.5, 0.6) is 0 Å². The topological polar surface area (TPSA) is 78.5 Å². The molecule has 1 aliphatic rings. The summed E-state index contributed by atoms with van der Waals surface area (Å²) < 4.78 is 0. The molecule has 1 unspecified atom stereocenters. The molecule has 0 spiro atoms. The van der Waals surface area contributed by atoms with Gasteiger partial charge < -0.3 is 15.4 Å². The third kappa shape index (κ3) is 5.36. The Morgan fingerprint density at radius 1 is 1.32 bits per heavy atom. The van der Waals surface area contributed by atoms with Crippen molar-refractivity contribution in [2.45, 2.75) is 40.0 Å². The van der Waals surface area contributed by atoms with Gasteiger partial charge in [-0.2, -0.15) is 0 Å². The highest BCUT2D eigenvalue weighted by Crippen LogP contribution is 2.35. The molecule has 2 amide bonds. The first-order chi connectivity index (χ1) is 10.3. The van der Waals surface area contributed by atoms with E-state index in [1.165, 1.54) is 4.90 Å². The van der Waals surface area contributed by atoms with E-state index in [1.807, 2.05) is 20.8 Å². The lowest BCUT2D eigenvalue weighted by Gasteiger charge is -2.24. The molecule has 22 heavy (non-hydrogen) atoms. The van der Waals surface area contributed by atoms with Crippen molar-refractivity contribution in [1.29, 1.82) is 0 Å². The van der Waals surface area contributed by atoms with Gasteiger partial charge in [-0.1, -0.05) is 20.8 Å². The number of thiocarbonyl (C=S) groups is 1. The van der Waals surface area contributed by atoms with Gasteiger partial charge in [-0.05, 0) is 30.5 Å². The van der Waals surface area contributed by atoms with Crippen molar-refractivity contribution in [3.05, 3.63) is 0 Å². The van der Waals surface area contributed by atoms with Crippen LogP contribution in [0.2, 0.25) is 0 Å². The van der Waals surface area contributed by atoms with Gasteiger partial charge in [-0.3, -0.25) is 14.5 Å². The molecule has 0 saturated carbocycles. The molecule has 0 aromatic heterocycles. The van der Waals surface area contributed by atoms with Crippen LogP contribution in [0.15, 0.2) is 0 Å². The zero-order chi connectivity index (χ0) is 16.8. The van der Waals surface area contributed by atoms with E-state index in [0.717, 1.165) is 19.1 Å². The average molecular weight is 327 g/mol. The number of nitrogens with zero attached hydrogens (tertiary/aromatic N) is 1. The molecule has 124 valence electrons. The second-order valence-electron chi connectivity index (χ2n) is 6.52. The molecule has 1 heterocycles. The van der Waals surface area contributed by atoms with Gasteiger partial charge in [0.2, 0.25) is 11.8 Å².